The Morgan fingerprint density at radius 3 is 2.36 bits per heavy atom. The monoisotopic (exact) mass is 469 g/mol. The molecule has 0 spiro atoms. The van der Waals surface area contributed by atoms with Crippen molar-refractivity contribution < 1.29 is 32.9 Å². The Balaban J connectivity index is 1.45. The number of para-hydroxylation sites is 1. The lowest BCUT2D eigenvalue weighted by Gasteiger charge is -2.37. The lowest BCUT2D eigenvalue weighted by molar-refractivity contribution is -0.137. The smallest absolute Gasteiger partial charge is 0.378 e. The topological polar surface area (TPSA) is 94.3 Å². The fourth-order valence-electron chi connectivity index (χ4n) is 4.17. The van der Waals surface area contributed by atoms with E-state index in [0.29, 0.717) is 64.6 Å². The van der Waals surface area contributed by atoms with Gasteiger partial charge in [0.15, 0.2) is 6.29 Å². The standard InChI is InChI=1S/C21H26F3N5O4/c22-21(23,24)16-3-1-2-15(18(16)27-10-12-33-13-11-27)14-26-6-8-28(9-7-26)20(32)29-5-4-17(25-29)19(30)31/h1-5,19,30-31H,6-14H2. The van der Waals surface area contributed by atoms with Crippen LogP contribution in [0.4, 0.5) is 23.7 Å². The molecule has 2 N–H and O–H groups in total. The molecule has 2 aromatic rings. The molecule has 180 valence electrons. The van der Waals surface area contributed by atoms with Crippen LogP contribution in [0.2, 0.25) is 0 Å². The van der Waals surface area contributed by atoms with Gasteiger partial charge in [-0.25, -0.2) is 4.79 Å². The van der Waals surface area contributed by atoms with E-state index < -0.39 is 24.1 Å². The van der Waals surface area contributed by atoms with Crippen molar-refractivity contribution in [2.75, 3.05) is 57.4 Å². The molecule has 2 aliphatic rings. The highest BCUT2D eigenvalue weighted by Gasteiger charge is 2.36. The number of anilines is 1. The second kappa shape index (κ2) is 9.67. The number of rotatable bonds is 4. The van der Waals surface area contributed by atoms with E-state index in [2.05, 4.69) is 5.10 Å². The number of nitrogens with zero attached hydrogens (tertiary/aromatic N) is 5. The number of halogens is 3. The van der Waals surface area contributed by atoms with Gasteiger partial charge in [0.05, 0.1) is 24.5 Å². The molecule has 4 rings (SSSR count). The molecule has 0 unspecified atom stereocenters. The molecule has 3 heterocycles. The number of benzene rings is 1. The number of hydrogen-bond donors (Lipinski definition) is 2. The molecule has 2 aliphatic heterocycles. The van der Waals surface area contributed by atoms with Crippen LogP contribution < -0.4 is 4.90 Å². The number of carbonyl (C=O) groups excluding carboxylic acids is 1. The van der Waals surface area contributed by atoms with Crippen LogP contribution in [-0.4, -0.2) is 88.3 Å². The third-order valence-corrected chi connectivity index (χ3v) is 5.86. The summed E-state index contributed by atoms with van der Waals surface area (Å²) < 4.78 is 47.6. The van der Waals surface area contributed by atoms with Gasteiger partial charge >= 0.3 is 12.2 Å². The molecule has 0 aliphatic carbocycles. The number of morpholine rings is 1. The number of hydrogen-bond acceptors (Lipinski definition) is 7. The first-order valence-electron chi connectivity index (χ1n) is 10.7. The van der Waals surface area contributed by atoms with Crippen molar-refractivity contribution in [3.63, 3.8) is 0 Å². The summed E-state index contributed by atoms with van der Waals surface area (Å²) in [6.45, 7) is 3.63. The van der Waals surface area contributed by atoms with E-state index in [0.717, 1.165) is 10.7 Å². The fourth-order valence-corrected chi connectivity index (χ4v) is 4.17. The number of carbonyl (C=O) groups is 1. The summed E-state index contributed by atoms with van der Waals surface area (Å²) in [5.41, 5.74) is 0.136. The Labute approximate surface area is 188 Å². The van der Waals surface area contributed by atoms with Crippen molar-refractivity contribution >= 4 is 11.7 Å². The van der Waals surface area contributed by atoms with E-state index >= 15 is 0 Å². The summed E-state index contributed by atoms with van der Waals surface area (Å²) in [4.78, 5) is 18.0. The van der Waals surface area contributed by atoms with E-state index in [1.165, 1.54) is 18.3 Å². The summed E-state index contributed by atoms with van der Waals surface area (Å²) in [5.74, 6) is 0. The quantitative estimate of drug-likeness (QED) is 0.656. The molecule has 12 heteroatoms. The average Bonchev–Trinajstić information content (AvgIpc) is 3.30. The van der Waals surface area contributed by atoms with Crippen molar-refractivity contribution in [2.24, 2.45) is 0 Å². The SMILES string of the molecule is O=C(N1CCN(Cc2cccc(C(F)(F)F)c2N2CCOCC2)CC1)n1ccc(C(O)O)n1. The fraction of sp³-hybridized carbons (Fsp3) is 0.524. The van der Waals surface area contributed by atoms with Crippen molar-refractivity contribution in [1.29, 1.82) is 0 Å². The second-order valence-electron chi connectivity index (χ2n) is 8.02. The van der Waals surface area contributed by atoms with Crippen molar-refractivity contribution in [3.8, 4) is 0 Å². The van der Waals surface area contributed by atoms with Gasteiger partial charge in [0.1, 0.15) is 5.69 Å². The highest BCUT2D eigenvalue weighted by Crippen LogP contribution is 2.39. The molecule has 1 aromatic carbocycles. The predicted molar refractivity (Wildman–Crippen MR) is 112 cm³/mol. The van der Waals surface area contributed by atoms with Gasteiger partial charge in [-0.2, -0.15) is 23.0 Å². The van der Waals surface area contributed by atoms with Crippen LogP contribution in [0, 0.1) is 0 Å². The van der Waals surface area contributed by atoms with Gasteiger partial charge in [-0.05, 0) is 17.7 Å². The molecule has 1 aromatic heterocycles. The van der Waals surface area contributed by atoms with E-state index in [-0.39, 0.29) is 11.4 Å². The molecule has 0 atom stereocenters. The van der Waals surface area contributed by atoms with Crippen molar-refractivity contribution in [3.05, 3.63) is 47.3 Å². The number of amides is 1. The first kappa shape index (κ1) is 23.5. The Morgan fingerprint density at radius 1 is 1.06 bits per heavy atom. The zero-order valence-corrected chi connectivity index (χ0v) is 17.9. The van der Waals surface area contributed by atoms with E-state index in [9.17, 15) is 18.0 Å². The normalized spacial score (nSPS) is 18.2. The maximum atomic E-state index is 13.8. The van der Waals surface area contributed by atoms with Gasteiger partial charge in [-0.3, -0.25) is 4.90 Å². The van der Waals surface area contributed by atoms with Gasteiger partial charge < -0.3 is 24.7 Å². The van der Waals surface area contributed by atoms with Crippen LogP contribution >= 0.6 is 0 Å². The molecule has 0 saturated carbocycles. The molecule has 9 nitrogen and oxygen atoms in total. The Kier molecular flexibility index (Phi) is 6.88. The molecule has 2 fully saturated rings. The van der Waals surface area contributed by atoms with Crippen molar-refractivity contribution in [1.82, 2.24) is 19.6 Å². The zero-order chi connectivity index (χ0) is 23.6. The van der Waals surface area contributed by atoms with Crippen LogP contribution in [0.1, 0.15) is 23.1 Å². The number of piperazine rings is 1. The Bertz CT molecular complexity index is 967. The van der Waals surface area contributed by atoms with E-state index in [1.54, 1.807) is 15.9 Å². The van der Waals surface area contributed by atoms with Gasteiger partial charge in [-0.15, -0.1) is 0 Å². The summed E-state index contributed by atoms with van der Waals surface area (Å²) in [6.07, 6.45) is -4.86. The van der Waals surface area contributed by atoms with E-state index in [1.807, 2.05) is 4.90 Å². The maximum Gasteiger partial charge on any atom is 0.418 e. The summed E-state index contributed by atoms with van der Waals surface area (Å²) in [7, 11) is 0. The summed E-state index contributed by atoms with van der Waals surface area (Å²) in [6, 6.07) is 5.23. The minimum Gasteiger partial charge on any atom is -0.378 e. The van der Waals surface area contributed by atoms with Crippen LogP contribution in [0.5, 0.6) is 0 Å². The Hall–Kier alpha value is -2.67. The third kappa shape index (κ3) is 5.29. The number of ether oxygens (including phenoxy) is 1. The lowest BCUT2D eigenvalue weighted by Crippen LogP contribution is -2.49. The van der Waals surface area contributed by atoms with Crippen molar-refractivity contribution in [2.45, 2.75) is 19.0 Å². The second-order valence-corrected chi connectivity index (χ2v) is 8.02. The van der Waals surface area contributed by atoms with Gasteiger partial charge in [0.2, 0.25) is 0 Å². The molecule has 0 bridgehead atoms. The maximum absolute atomic E-state index is 13.8. The lowest BCUT2D eigenvalue weighted by atomic mass is 10.0. The minimum atomic E-state index is -4.46. The highest BCUT2D eigenvalue weighted by molar-refractivity contribution is 5.76. The van der Waals surface area contributed by atoms with Gasteiger partial charge in [0.25, 0.3) is 0 Å². The number of aliphatic hydroxyl groups excluding tert-OH is 1. The molecule has 0 radical (unpaired) electrons. The predicted octanol–water partition coefficient (Wildman–Crippen LogP) is 1.51. The number of aliphatic hydroxyl groups is 2. The first-order chi connectivity index (χ1) is 15.7. The zero-order valence-electron chi connectivity index (χ0n) is 17.9. The number of alkyl halides is 3. The number of aromatic nitrogens is 2. The molecular formula is C21H26F3N5O4. The van der Waals surface area contributed by atoms with Gasteiger partial charge in [0, 0.05) is 52.0 Å². The summed E-state index contributed by atoms with van der Waals surface area (Å²) in [5, 5.41) is 22.2. The van der Waals surface area contributed by atoms with Crippen LogP contribution in [0.25, 0.3) is 0 Å². The summed E-state index contributed by atoms with van der Waals surface area (Å²) >= 11 is 0. The molecule has 33 heavy (non-hydrogen) atoms. The average molecular weight is 469 g/mol. The van der Waals surface area contributed by atoms with Crippen LogP contribution in [0.15, 0.2) is 30.5 Å². The van der Waals surface area contributed by atoms with Crippen LogP contribution in [0.3, 0.4) is 0 Å². The van der Waals surface area contributed by atoms with Gasteiger partial charge in [-0.1, -0.05) is 12.1 Å². The first-order valence-corrected chi connectivity index (χ1v) is 10.7. The van der Waals surface area contributed by atoms with Crippen LogP contribution in [-0.2, 0) is 17.5 Å². The molecule has 1 amide bonds. The molecular weight excluding hydrogens is 443 g/mol. The minimum absolute atomic E-state index is 0.0258. The van der Waals surface area contributed by atoms with E-state index in [4.69, 9.17) is 14.9 Å². The third-order valence-electron chi connectivity index (χ3n) is 5.86. The molecule has 2 saturated heterocycles. The largest absolute Gasteiger partial charge is 0.418 e. The Morgan fingerprint density at radius 2 is 1.76 bits per heavy atom. The highest BCUT2D eigenvalue weighted by atomic mass is 19.4.